The molecule has 0 fully saturated rings. The second-order valence-corrected chi connectivity index (χ2v) is 15.3. The van der Waals surface area contributed by atoms with E-state index in [9.17, 15) is 21.4 Å². The summed E-state index contributed by atoms with van der Waals surface area (Å²) in [5.74, 6) is 0.0334. The number of thioether (sulfide) groups is 1. The Kier molecular flexibility index (Phi) is 10.1. The van der Waals surface area contributed by atoms with Crippen LogP contribution in [0.5, 0.6) is 0 Å². The lowest BCUT2D eigenvalue weighted by Crippen LogP contribution is -2.35. The van der Waals surface area contributed by atoms with Gasteiger partial charge in [-0.15, -0.1) is 0 Å². The number of hydrogen-bond donors (Lipinski definition) is 2. The van der Waals surface area contributed by atoms with Crippen molar-refractivity contribution in [1.82, 2.24) is 0 Å². The third-order valence-electron chi connectivity index (χ3n) is 7.38. The van der Waals surface area contributed by atoms with Crippen molar-refractivity contribution in [3.63, 3.8) is 0 Å². The number of rotatable bonds is 13. The van der Waals surface area contributed by atoms with Gasteiger partial charge in [0.25, 0.3) is 25.8 Å². The van der Waals surface area contributed by atoms with Gasteiger partial charge in [-0.3, -0.25) is 9.11 Å². The number of unbranched alkanes of at least 4 members (excludes halogenated alkanes) is 2. The number of fused-ring (bicyclic) bond motifs is 3. The van der Waals surface area contributed by atoms with Gasteiger partial charge in [0.05, 0.1) is 28.3 Å². The summed E-state index contributed by atoms with van der Waals surface area (Å²) >= 11 is 7.93. The van der Waals surface area contributed by atoms with Crippen molar-refractivity contribution in [3.8, 4) is 0 Å². The van der Waals surface area contributed by atoms with Crippen molar-refractivity contribution in [3.05, 3.63) is 82.2 Å². The summed E-state index contributed by atoms with van der Waals surface area (Å²) in [5.41, 5.74) is 3.54. The molecule has 0 amide bonds. The van der Waals surface area contributed by atoms with Crippen LogP contribution in [0.25, 0.3) is 27.9 Å². The first-order valence-corrected chi connectivity index (χ1v) is 18.7. The average Bonchev–Trinajstić information content (AvgIpc) is 3.46. The molecule has 0 spiro atoms. The van der Waals surface area contributed by atoms with Crippen molar-refractivity contribution in [2.75, 3.05) is 23.0 Å². The van der Waals surface area contributed by atoms with E-state index < -0.39 is 20.2 Å². The van der Waals surface area contributed by atoms with E-state index in [1.807, 2.05) is 59.2 Å². The third-order valence-corrected chi connectivity index (χ3v) is 10.3. The summed E-state index contributed by atoms with van der Waals surface area (Å²) < 4.78 is 71.8. The van der Waals surface area contributed by atoms with Crippen LogP contribution in [0, 0.1) is 0 Å². The first-order valence-electron chi connectivity index (χ1n) is 14.3. The number of oxazole rings is 1. The van der Waals surface area contributed by atoms with Crippen molar-refractivity contribution in [2.24, 2.45) is 0 Å². The van der Waals surface area contributed by atoms with E-state index in [0.29, 0.717) is 61.7 Å². The first kappa shape index (κ1) is 32.5. The SMILES string of the molecule is CCC(=Cc1oc2cc3ccccc3cc2[n+]1CCCCS(=O)(=O)O)C=C1Sc2ccc(Cl)cc2N1CCCCS(=O)(=O)O. The molecule has 0 radical (unpaired) electrons. The molecule has 0 aliphatic carbocycles. The third kappa shape index (κ3) is 8.23. The second-order valence-electron chi connectivity index (χ2n) is 10.7. The molecule has 1 aromatic heterocycles. The second kappa shape index (κ2) is 13.6. The molecule has 0 bridgehead atoms. The summed E-state index contributed by atoms with van der Waals surface area (Å²) in [6.07, 6.45) is 6.49. The molecular weight excluding hydrogens is 644 g/mol. The fraction of sp³-hybridized carbons (Fsp3) is 0.323. The zero-order valence-electron chi connectivity index (χ0n) is 24.1. The molecule has 1 aliphatic heterocycles. The normalized spacial score (nSPS) is 15.1. The van der Waals surface area contributed by atoms with Crippen LogP contribution in [0.1, 0.15) is 44.9 Å². The van der Waals surface area contributed by atoms with Crippen LogP contribution in [-0.2, 0) is 26.8 Å². The monoisotopic (exact) mass is 677 g/mol. The van der Waals surface area contributed by atoms with Gasteiger partial charge in [0.1, 0.15) is 0 Å². The van der Waals surface area contributed by atoms with Crippen molar-refractivity contribution < 1.29 is 34.9 Å². The Morgan fingerprint density at radius 2 is 1.64 bits per heavy atom. The largest absolute Gasteiger partial charge is 0.398 e. The van der Waals surface area contributed by atoms with Crippen LogP contribution in [0.3, 0.4) is 0 Å². The summed E-state index contributed by atoms with van der Waals surface area (Å²) in [6.45, 7) is 3.10. The predicted molar refractivity (Wildman–Crippen MR) is 176 cm³/mol. The van der Waals surface area contributed by atoms with Crippen LogP contribution in [0.2, 0.25) is 5.02 Å². The lowest BCUT2D eigenvalue weighted by Gasteiger charge is -2.21. The minimum atomic E-state index is -4.04. The van der Waals surface area contributed by atoms with E-state index >= 15 is 0 Å². The van der Waals surface area contributed by atoms with E-state index in [1.54, 1.807) is 11.8 Å². The van der Waals surface area contributed by atoms with Gasteiger partial charge in [0, 0.05) is 29.0 Å². The van der Waals surface area contributed by atoms with Crippen LogP contribution in [0.15, 0.2) is 80.6 Å². The van der Waals surface area contributed by atoms with Crippen molar-refractivity contribution >= 4 is 77.2 Å². The molecule has 2 N–H and O–H groups in total. The number of aryl methyl sites for hydroxylation is 1. The Bertz CT molecular complexity index is 1970. The number of aromatic nitrogens is 1. The summed E-state index contributed by atoms with van der Waals surface area (Å²) in [5, 5.41) is 3.67. The highest BCUT2D eigenvalue weighted by molar-refractivity contribution is 8.03. The van der Waals surface area contributed by atoms with E-state index in [-0.39, 0.29) is 11.5 Å². The summed E-state index contributed by atoms with van der Waals surface area (Å²) in [4.78, 5) is 3.16. The zero-order valence-corrected chi connectivity index (χ0v) is 27.4. The van der Waals surface area contributed by atoms with E-state index in [4.69, 9.17) is 20.6 Å². The minimum Gasteiger partial charge on any atom is -0.398 e. The highest BCUT2D eigenvalue weighted by Gasteiger charge is 2.27. The van der Waals surface area contributed by atoms with E-state index in [0.717, 1.165) is 37.5 Å². The fourth-order valence-corrected chi connectivity index (χ4v) is 7.66. The molecule has 1 aliphatic rings. The van der Waals surface area contributed by atoms with Gasteiger partial charge in [-0.2, -0.15) is 21.4 Å². The molecule has 13 heteroatoms. The number of halogens is 1. The molecule has 44 heavy (non-hydrogen) atoms. The molecule has 0 atom stereocenters. The Balaban J connectivity index is 1.50. The number of hydrogen-bond acceptors (Lipinski definition) is 7. The topological polar surface area (TPSA) is 129 Å². The van der Waals surface area contributed by atoms with Gasteiger partial charge in [0.2, 0.25) is 5.58 Å². The fourth-order valence-electron chi connectivity index (χ4n) is 5.21. The van der Waals surface area contributed by atoms with E-state index in [1.165, 1.54) is 0 Å². The van der Waals surface area contributed by atoms with Crippen LogP contribution in [0.4, 0.5) is 5.69 Å². The van der Waals surface area contributed by atoms with Crippen LogP contribution >= 0.6 is 23.4 Å². The minimum absolute atomic E-state index is 0.291. The number of anilines is 1. The molecule has 4 aromatic rings. The molecular formula is C31H34ClN2O7S3+. The Morgan fingerprint density at radius 1 is 0.955 bits per heavy atom. The predicted octanol–water partition coefficient (Wildman–Crippen LogP) is 7.11. The van der Waals surface area contributed by atoms with Crippen LogP contribution < -0.4 is 9.47 Å². The molecule has 3 aromatic carbocycles. The van der Waals surface area contributed by atoms with Gasteiger partial charge < -0.3 is 9.32 Å². The van der Waals surface area contributed by atoms with E-state index in [2.05, 4.69) is 24.0 Å². The standard InChI is InChI=1S/C31H33ClN2O7S3/c1-2-22(18-31-34(14-6-8-16-44(38,39)40)27-21-25(32)11-12-29(27)42-31)17-30-33(13-5-7-15-43(35,36)37)26-19-23-9-3-4-10-24(23)20-28(26)41-30/h3-4,9-12,17-21H,2,5-8,13-16H2,1H3,(H-,35,36,37,38,39,40)/p+1. The highest BCUT2D eigenvalue weighted by Crippen LogP contribution is 2.47. The molecule has 2 heterocycles. The lowest BCUT2D eigenvalue weighted by atomic mass is 10.1. The van der Waals surface area contributed by atoms with Gasteiger partial charge in [-0.05, 0) is 72.4 Å². The number of nitrogens with zero attached hydrogens (tertiary/aromatic N) is 2. The average molecular weight is 678 g/mol. The maximum absolute atomic E-state index is 11.3. The first-order chi connectivity index (χ1) is 20.9. The number of allylic oxidation sites excluding steroid dienone is 2. The molecule has 0 unspecified atom stereocenters. The molecule has 234 valence electrons. The van der Waals surface area contributed by atoms with Crippen molar-refractivity contribution in [1.29, 1.82) is 0 Å². The van der Waals surface area contributed by atoms with Gasteiger partial charge >= 0.3 is 5.89 Å². The zero-order chi connectivity index (χ0) is 31.5. The highest BCUT2D eigenvalue weighted by atomic mass is 35.5. The smallest absolute Gasteiger partial charge is 0.374 e. The van der Waals surface area contributed by atoms with Gasteiger partial charge in [-0.25, -0.2) is 0 Å². The number of benzene rings is 3. The maximum Gasteiger partial charge on any atom is 0.374 e. The lowest BCUT2D eigenvalue weighted by molar-refractivity contribution is -0.678. The van der Waals surface area contributed by atoms with Crippen LogP contribution in [-0.4, -0.2) is 44.0 Å². The molecule has 5 rings (SSSR count). The van der Waals surface area contributed by atoms with Gasteiger partial charge in [-0.1, -0.05) is 54.6 Å². The summed E-state index contributed by atoms with van der Waals surface area (Å²) in [6, 6.07) is 17.8. The molecule has 0 saturated heterocycles. The molecule has 0 saturated carbocycles. The Hall–Kier alpha value is -2.87. The Morgan fingerprint density at radius 3 is 2.32 bits per heavy atom. The summed E-state index contributed by atoms with van der Waals surface area (Å²) in [7, 11) is -8.07. The van der Waals surface area contributed by atoms with Crippen molar-refractivity contribution in [2.45, 2.75) is 50.5 Å². The maximum atomic E-state index is 11.3. The van der Waals surface area contributed by atoms with Gasteiger partial charge in [0.15, 0.2) is 6.54 Å². The Labute approximate surface area is 266 Å². The quantitative estimate of drug-likeness (QED) is 0.0864. The molecule has 9 nitrogen and oxygen atoms in total.